The van der Waals surface area contributed by atoms with Crippen molar-refractivity contribution in [1.82, 2.24) is 0 Å². The molecule has 0 radical (unpaired) electrons. The van der Waals surface area contributed by atoms with Crippen LogP contribution in [-0.4, -0.2) is 37.5 Å². The van der Waals surface area contributed by atoms with Crippen molar-refractivity contribution in [1.29, 1.82) is 0 Å². The van der Waals surface area contributed by atoms with E-state index in [0.717, 1.165) is 12.5 Å². The van der Waals surface area contributed by atoms with E-state index in [9.17, 15) is 14.0 Å². The van der Waals surface area contributed by atoms with Crippen LogP contribution in [0.1, 0.15) is 23.7 Å². The Hall–Kier alpha value is -1.95. The van der Waals surface area contributed by atoms with Crippen LogP contribution in [-0.2, 0) is 9.53 Å². The second-order valence-corrected chi connectivity index (χ2v) is 5.18. The van der Waals surface area contributed by atoms with Crippen molar-refractivity contribution in [3.05, 3.63) is 23.5 Å². The average molecular weight is 278 g/mol. The molecule has 0 aliphatic carbocycles. The number of Topliss-reactive ketones (excluding diaryl/α,β-unsaturated/α-hetero) is 1. The maximum atomic E-state index is 14.2. The molecular formula is C14H15FN2O3. The van der Waals surface area contributed by atoms with Gasteiger partial charge in [-0.2, -0.15) is 0 Å². The Morgan fingerprint density at radius 1 is 1.40 bits per heavy atom. The molecule has 1 aromatic carbocycles. The number of carbonyl (C=O) groups excluding carboxylic acids is 2. The first-order valence-electron chi connectivity index (χ1n) is 6.52. The normalized spacial score (nSPS) is 24.8. The van der Waals surface area contributed by atoms with Crippen molar-refractivity contribution in [2.75, 3.05) is 23.9 Å². The Balaban J connectivity index is 1.97. The number of hydrogen-bond acceptors (Lipinski definition) is 4. The molecule has 106 valence electrons. The van der Waals surface area contributed by atoms with Crippen LogP contribution in [0.25, 0.3) is 0 Å². The second kappa shape index (κ2) is 4.56. The van der Waals surface area contributed by atoms with Crippen LogP contribution in [0.15, 0.2) is 12.1 Å². The summed E-state index contributed by atoms with van der Waals surface area (Å²) in [5, 5.41) is 2.46. The lowest BCUT2D eigenvalue weighted by atomic mass is 10.1. The Labute approximate surface area is 115 Å². The summed E-state index contributed by atoms with van der Waals surface area (Å²) in [5.74, 6) is -1.90. The highest BCUT2D eigenvalue weighted by Gasteiger charge is 2.33. The fourth-order valence-corrected chi connectivity index (χ4v) is 2.83. The van der Waals surface area contributed by atoms with Crippen molar-refractivity contribution >= 4 is 23.1 Å². The molecule has 0 aromatic heterocycles. The fourth-order valence-electron chi connectivity index (χ4n) is 2.83. The standard InChI is InChI=1S/C14H15FN2O3/c1-7-11(3-4-20-7)17(2)12-6-10-8(5-9(12)15)13(18)14(19)16-10/h5-7,11H,3-4H2,1-2H3,(H,16,18,19). The second-order valence-electron chi connectivity index (χ2n) is 5.18. The lowest BCUT2D eigenvalue weighted by Gasteiger charge is -2.29. The van der Waals surface area contributed by atoms with Gasteiger partial charge in [-0.15, -0.1) is 0 Å². The third kappa shape index (κ3) is 1.87. The Morgan fingerprint density at radius 3 is 2.80 bits per heavy atom. The van der Waals surface area contributed by atoms with Crippen molar-refractivity contribution in [2.24, 2.45) is 0 Å². The number of ether oxygens (including phenoxy) is 1. The molecular weight excluding hydrogens is 263 g/mol. The number of amides is 1. The smallest absolute Gasteiger partial charge is 0.296 e. The molecule has 20 heavy (non-hydrogen) atoms. The molecule has 1 aromatic rings. The van der Waals surface area contributed by atoms with Crippen LogP contribution >= 0.6 is 0 Å². The van der Waals surface area contributed by atoms with Gasteiger partial charge in [0.2, 0.25) is 0 Å². The zero-order valence-electron chi connectivity index (χ0n) is 11.3. The first kappa shape index (κ1) is 13.1. The van der Waals surface area contributed by atoms with Gasteiger partial charge in [0.05, 0.1) is 29.1 Å². The summed E-state index contributed by atoms with van der Waals surface area (Å²) >= 11 is 0. The van der Waals surface area contributed by atoms with Gasteiger partial charge in [0.25, 0.3) is 11.7 Å². The maximum absolute atomic E-state index is 14.2. The highest BCUT2D eigenvalue weighted by molar-refractivity contribution is 6.51. The van der Waals surface area contributed by atoms with Gasteiger partial charge >= 0.3 is 0 Å². The first-order valence-corrected chi connectivity index (χ1v) is 6.52. The third-order valence-electron chi connectivity index (χ3n) is 4.00. The lowest BCUT2D eigenvalue weighted by Crippen LogP contribution is -2.37. The number of hydrogen-bond donors (Lipinski definition) is 1. The number of likely N-dealkylation sites (N-methyl/N-ethyl adjacent to an activating group) is 1. The van der Waals surface area contributed by atoms with Crippen LogP contribution in [0.3, 0.4) is 0 Å². The molecule has 2 aliphatic rings. The summed E-state index contributed by atoms with van der Waals surface area (Å²) in [4.78, 5) is 24.6. The average Bonchev–Trinajstić information content (AvgIpc) is 2.94. The largest absolute Gasteiger partial charge is 0.376 e. The molecule has 2 heterocycles. The number of rotatable bonds is 2. The van der Waals surface area contributed by atoms with E-state index in [-0.39, 0.29) is 17.7 Å². The predicted octanol–water partition coefficient (Wildman–Crippen LogP) is 1.57. The molecule has 0 saturated carbocycles. The maximum Gasteiger partial charge on any atom is 0.296 e. The summed E-state index contributed by atoms with van der Waals surface area (Å²) in [6.45, 7) is 2.60. The predicted molar refractivity (Wildman–Crippen MR) is 71.6 cm³/mol. The number of halogens is 1. The van der Waals surface area contributed by atoms with E-state index in [1.165, 1.54) is 6.07 Å². The van der Waals surface area contributed by atoms with E-state index < -0.39 is 17.5 Å². The van der Waals surface area contributed by atoms with Crippen LogP contribution in [0.5, 0.6) is 0 Å². The molecule has 2 unspecified atom stereocenters. The summed E-state index contributed by atoms with van der Waals surface area (Å²) in [5.41, 5.74) is 0.830. The van der Waals surface area contributed by atoms with E-state index in [0.29, 0.717) is 18.0 Å². The zero-order chi connectivity index (χ0) is 14.4. The molecule has 6 heteroatoms. The number of benzene rings is 1. The van der Waals surface area contributed by atoms with E-state index in [4.69, 9.17) is 4.74 Å². The Morgan fingerprint density at radius 2 is 2.15 bits per heavy atom. The minimum absolute atomic E-state index is 0.0175. The lowest BCUT2D eigenvalue weighted by molar-refractivity contribution is -0.112. The SMILES string of the molecule is CC1OCCC1N(C)c1cc2c(cc1F)C(=O)C(=O)N2. The Bertz CT molecular complexity index is 602. The molecule has 0 spiro atoms. The van der Waals surface area contributed by atoms with Crippen LogP contribution in [0, 0.1) is 5.82 Å². The third-order valence-corrected chi connectivity index (χ3v) is 4.00. The molecule has 2 aliphatic heterocycles. The highest BCUT2D eigenvalue weighted by atomic mass is 19.1. The minimum Gasteiger partial charge on any atom is -0.376 e. The highest BCUT2D eigenvalue weighted by Crippen LogP contribution is 2.33. The van der Waals surface area contributed by atoms with Gasteiger partial charge in [-0.25, -0.2) is 4.39 Å². The van der Waals surface area contributed by atoms with E-state index in [1.807, 2.05) is 11.8 Å². The van der Waals surface area contributed by atoms with Crippen molar-refractivity contribution in [2.45, 2.75) is 25.5 Å². The summed E-state index contributed by atoms with van der Waals surface area (Å²) < 4.78 is 19.7. The number of ketones is 1. The van der Waals surface area contributed by atoms with Gasteiger partial charge in [-0.3, -0.25) is 9.59 Å². The van der Waals surface area contributed by atoms with Crippen LogP contribution < -0.4 is 10.2 Å². The van der Waals surface area contributed by atoms with Crippen molar-refractivity contribution < 1.29 is 18.7 Å². The summed E-state index contributed by atoms with van der Waals surface area (Å²) in [7, 11) is 1.79. The summed E-state index contributed by atoms with van der Waals surface area (Å²) in [6.07, 6.45) is 0.836. The van der Waals surface area contributed by atoms with Gasteiger partial charge in [-0.1, -0.05) is 0 Å². The molecule has 3 rings (SSSR count). The van der Waals surface area contributed by atoms with Crippen LogP contribution in [0.2, 0.25) is 0 Å². The number of nitrogens with zero attached hydrogens (tertiary/aromatic N) is 1. The zero-order valence-corrected chi connectivity index (χ0v) is 11.3. The van der Waals surface area contributed by atoms with E-state index in [1.54, 1.807) is 7.05 Å². The number of anilines is 2. The van der Waals surface area contributed by atoms with Crippen LogP contribution in [0.4, 0.5) is 15.8 Å². The van der Waals surface area contributed by atoms with Gasteiger partial charge < -0.3 is 15.0 Å². The summed E-state index contributed by atoms with van der Waals surface area (Å²) in [6, 6.07) is 2.72. The Kier molecular flexibility index (Phi) is 2.97. The molecule has 1 N–H and O–H groups in total. The molecule has 1 saturated heterocycles. The van der Waals surface area contributed by atoms with Crippen molar-refractivity contribution in [3.63, 3.8) is 0 Å². The van der Waals surface area contributed by atoms with Gasteiger partial charge in [0, 0.05) is 13.7 Å². The topological polar surface area (TPSA) is 58.6 Å². The monoisotopic (exact) mass is 278 g/mol. The molecule has 1 fully saturated rings. The van der Waals surface area contributed by atoms with E-state index >= 15 is 0 Å². The van der Waals surface area contributed by atoms with Gasteiger partial charge in [0.1, 0.15) is 5.82 Å². The quantitative estimate of drug-likeness (QED) is 0.834. The number of nitrogens with one attached hydrogen (secondary N) is 1. The number of carbonyl (C=O) groups is 2. The van der Waals surface area contributed by atoms with Gasteiger partial charge in [0.15, 0.2) is 0 Å². The van der Waals surface area contributed by atoms with Crippen molar-refractivity contribution in [3.8, 4) is 0 Å². The fraction of sp³-hybridized carbons (Fsp3) is 0.429. The first-order chi connectivity index (χ1) is 9.49. The minimum atomic E-state index is -0.711. The molecule has 0 bridgehead atoms. The van der Waals surface area contributed by atoms with Gasteiger partial charge in [-0.05, 0) is 25.5 Å². The number of fused-ring (bicyclic) bond motifs is 1. The molecule has 1 amide bonds. The van der Waals surface area contributed by atoms with E-state index in [2.05, 4.69) is 5.32 Å². The molecule has 2 atom stereocenters. The molecule has 5 nitrogen and oxygen atoms in total.